The highest BCUT2D eigenvalue weighted by atomic mass is 35.5. The van der Waals surface area contributed by atoms with Crippen LogP contribution in [0.4, 0.5) is 4.79 Å². The molecule has 0 heterocycles. The molecule has 0 radical (unpaired) electrons. The lowest BCUT2D eigenvalue weighted by Gasteiger charge is -2.33. The van der Waals surface area contributed by atoms with Crippen molar-refractivity contribution >= 4 is 17.6 Å². The zero-order chi connectivity index (χ0) is 15.4. The van der Waals surface area contributed by atoms with Crippen LogP contribution in [0.2, 0.25) is 5.02 Å². The van der Waals surface area contributed by atoms with Gasteiger partial charge in [-0.15, -0.1) is 0 Å². The first-order valence-electron chi connectivity index (χ1n) is 6.88. The zero-order valence-electron chi connectivity index (χ0n) is 13.0. The van der Waals surface area contributed by atoms with Gasteiger partial charge in [0.15, 0.2) is 0 Å². The predicted octanol–water partition coefficient (Wildman–Crippen LogP) is 4.35. The average molecular weight is 297 g/mol. The van der Waals surface area contributed by atoms with Crippen LogP contribution in [0.15, 0.2) is 24.3 Å². The fraction of sp³-hybridized carbons (Fsp3) is 0.562. The number of urea groups is 1. The summed E-state index contributed by atoms with van der Waals surface area (Å²) in [6.45, 7) is 11.0. The van der Waals surface area contributed by atoms with Crippen molar-refractivity contribution in [3.63, 3.8) is 0 Å². The second-order valence-corrected chi connectivity index (χ2v) is 7.43. The topological polar surface area (TPSA) is 41.1 Å². The number of carbonyl (C=O) groups is 1. The predicted molar refractivity (Wildman–Crippen MR) is 85.0 cm³/mol. The lowest BCUT2D eigenvalue weighted by Crippen LogP contribution is -2.49. The van der Waals surface area contributed by atoms with E-state index in [9.17, 15) is 4.79 Å². The molecule has 0 aliphatic heterocycles. The van der Waals surface area contributed by atoms with Gasteiger partial charge in [-0.25, -0.2) is 4.79 Å². The number of rotatable bonds is 4. The summed E-state index contributed by atoms with van der Waals surface area (Å²) in [5.74, 6) is 0. The Labute approximate surface area is 127 Å². The number of hydrogen-bond acceptors (Lipinski definition) is 1. The number of carbonyl (C=O) groups excluding carboxylic acids is 1. The summed E-state index contributed by atoms with van der Waals surface area (Å²) in [7, 11) is 0. The van der Waals surface area contributed by atoms with Crippen molar-refractivity contribution < 1.29 is 4.79 Å². The second kappa shape index (κ2) is 6.49. The van der Waals surface area contributed by atoms with Gasteiger partial charge < -0.3 is 10.6 Å². The summed E-state index contributed by atoms with van der Waals surface area (Å²) in [4.78, 5) is 12.0. The van der Waals surface area contributed by atoms with Gasteiger partial charge in [0, 0.05) is 17.1 Å². The average Bonchev–Trinajstić information content (AvgIpc) is 2.23. The maximum absolute atomic E-state index is 12.0. The molecule has 112 valence electrons. The van der Waals surface area contributed by atoms with E-state index < -0.39 is 0 Å². The minimum absolute atomic E-state index is 0.166. The van der Waals surface area contributed by atoms with E-state index >= 15 is 0 Å². The third-order valence-electron chi connectivity index (χ3n) is 2.82. The van der Waals surface area contributed by atoms with Crippen LogP contribution in [-0.4, -0.2) is 11.6 Å². The van der Waals surface area contributed by atoms with E-state index in [4.69, 9.17) is 11.6 Å². The van der Waals surface area contributed by atoms with Gasteiger partial charge in [-0.3, -0.25) is 0 Å². The molecule has 2 amide bonds. The van der Waals surface area contributed by atoms with Crippen LogP contribution in [0.25, 0.3) is 0 Å². The van der Waals surface area contributed by atoms with E-state index in [0.29, 0.717) is 11.6 Å². The fourth-order valence-corrected chi connectivity index (χ4v) is 2.74. The lowest BCUT2D eigenvalue weighted by molar-refractivity contribution is 0.210. The van der Waals surface area contributed by atoms with Gasteiger partial charge in [-0.05, 0) is 37.3 Å². The van der Waals surface area contributed by atoms with Gasteiger partial charge in [-0.2, -0.15) is 0 Å². The maximum Gasteiger partial charge on any atom is 0.315 e. The number of amides is 2. The van der Waals surface area contributed by atoms with E-state index in [-0.39, 0.29) is 17.0 Å². The van der Waals surface area contributed by atoms with Crippen molar-refractivity contribution in [2.24, 2.45) is 5.41 Å². The summed E-state index contributed by atoms with van der Waals surface area (Å²) in [5.41, 5.74) is 0.834. The summed E-state index contributed by atoms with van der Waals surface area (Å²) < 4.78 is 0. The first-order valence-corrected chi connectivity index (χ1v) is 7.26. The Hall–Kier alpha value is -1.22. The van der Waals surface area contributed by atoms with E-state index in [1.165, 1.54) is 0 Å². The third-order valence-corrected chi connectivity index (χ3v) is 3.19. The summed E-state index contributed by atoms with van der Waals surface area (Å²) in [6.07, 6.45) is 0.902. The van der Waals surface area contributed by atoms with E-state index in [2.05, 4.69) is 31.4 Å². The van der Waals surface area contributed by atoms with Crippen LogP contribution in [0.1, 0.15) is 46.6 Å². The number of benzene rings is 1. The van der Waals surface area contributed by atoms with Gasteiger partial charge in [-0.1, -0.05) is 50.6 Å². The minimum atomic E-state index is -0.247. The highest BCUT2D eigenvalue weighted by Crippen LogP contribution is 2.26. The molecule has 2 N–H and O–H groups in total. The molecule has 0 bridgehead atoms. The van der Waals surface area contributed by atoms with Crippen LogP contribution < -0.4 is 10.6 Å². The maximum atomic E-state index is 12.0. The van der Waals surface area contributed by atoms with E-state index in [0.717, 1.165) is 12.0 Å². The Morgan fingerprint density at radius 3 is 2.30 bits per heavy atom. The lowest BCUT2D eigenvalue weighted by atomic mass is 9.82. The number of nitrogens with one attached hydrogen (secondary N) is 2. The van der Waals surface area contributed by atoms with Crippen molar-refractivity contribution in [2.45, 2.75) is 53.1 Å². The first kappa shape index (κ1) is 16.8. The van der Waals surface area contributed by atoms with Crippen molar-refractivity contribution in [3.05, 3.63) is 34.9 Å². The van der Waals surface area contributed by atoms with Crippen molar-refractivity contribution in [1.29, 1.82) is 0 Å². The molecule has 3 nitrogen and oxygen atoms in total. The fourth-order valence-electron chi connectivity index (χ4n) is 2.54. The van der Waals surface area contributed by atoms with Gasteiger partial charge in [0.1, 0.15) is 0 Å². The molecule has 0 aromatic heterocycles. The molecule has 0 fully saturated rings. The highest BCUT2D eigenvalue weighted by Gasteiger charge is 2.26. The quantitative estimate of drug-likeness (QED) is 0.852. The van der Waals surface area contributed by atoms with E-state index in [1.807, 2.05) is 38.1 Å². The summed E-state index contributed by atoms with van der Waals surface area (Å²) >= 11 is 6.06. The Morgan fingerprint density at radius 2 is 1.75 bits per heavy atom. The summed E-state index contributed by atoms with van der Waals surface area (Å²) in [5, 5.41) is 6.52. The zero-order valence-corrected chi connectivity index (χ0v) is 13.8. The van der Waals surface area contributed by atoms with Gasteiger partial charge in [0.2, 0.25) is 0 Å². The molecule has 0 unspecified atom stereocenters. The molecule has 0 spiro atoms. The van der Waals surface area contributed by atoms with Crippen molar-refractivity contribution in [1.82, 2.24) is 10.6 Å². The largest absolute Gasteiger partial charge is 0.334 e. The molecule has 0 aliphatic carbocycles. The minimum Gasteiger partial charge on any atom is -0.334 e. The van der Waals surface area contributed by atoms with Crippen molar-refractivity contribution in [3.8, 4) is 0 Å². The molecule has 1 aromatic rings. The second-order valence-electron chi connectivity index (χ2n) is 7.02. The molecule has 0 saturated heterocycles. The standard InChI is InChI=1S/C16H25ClN2O/c1-15(2,3)11-16(4,5)19-14(20)18-10-12-8-6-7-9-13(12)17/h6-9H,10-11H2,1-5H3,(H2,18,19,20). The molecule has 20 heavy (non-hydrogen) atoms. The van der Waals surface area contributed by atoms with Crippen LogP contribution in [0.3, 0.4) is 0 Å². The smallest absolute Gasteiger partial charge is 0.315 e. The Bertz CT molecular complexity index is 464. The number of halogens is 1. The Morgan fingerprint density at radius 1 is 1.15 bits per heavy atom. The molecular formula is C16H25ClN2O. The van der Waals surface area contributed by atoms with Crippen LogP contribution in [0, 0.1) is 5.41 Å². The molecule has 1 aromatic carbocycles. The summed E-state index contributed by atoms with van der Waals surface area (Å²) in [6, 6.07) is 7.34. The molecule has 0 saturated carbocycles. The molecule has 4 heteroatoms. The first-order chi connectivity index (χ1) is 9.09. The molecule has 0 aliphatic rings. The van der Waals surface area contributed by atoms with Gasteiger partial charge >= 0.3 is 6.03 Å². The van der Waals surface area contributed by atoms with Crippen LogP contribution >= 0.6 is 11.6 Å². The Balaban J connectivity index is 2.50. The third kappa shape index (κ3) is 6.29. The monoisotopic (exact) mass is 296 g/mol. The van der Waals surface area contributed by atoms with Crippen LogP contribution in [0.5, 0.6) is 0 Å². The van der Waals surface area contributed by atoms with Crippen LogP contribution in [-0.2, 0) is 6.54 Å². The molecular weight excluding hydrogens is 272 g/mol. The molecule has 0 atom stereocenters. The van der Waals surface area contributed by atoms with Gasteiger partial charge in [0.25, 0.3) is 0 Å². The molecule has 1 rings (SSSR count). The highest BCUT2D eigenvalue weighted by molar-refractivity contribution is 6.31. The SMILES string of the molecule is CC(C)(C)CC(C)(C)NC(=O)NCc1ccccc1Cl. The number of hydrogen-bond donors (Lipinski definition) is 2. The Kier molecular flexibility index (Phi) is 5.46. The van der Waals surface area contributed by atoms with Crippen molar-refractivity contribution in [2.75, 3.05) is 0 Å². The normalized spacial score (nSPS) is 12.1. The van der Waals surface area contributed by atoms with E-state index in [1.54, 1.807) is 0 Å². The van der Waals surface area contributed by atoms with Gasteiger partial charge in [0.05, 0.1) is 0 Å².